The fraction of sp³-hybridized carbons (Fsp3) is 0.320. The van der Waals surface area contributed by atoms with Gasteiger partial charge in [-0.1, -0.05) is 6.07 Å². The van der Waals surface area contributed by atoms with Gasteiger partial charge < -0.3 is 30.0 Å². The van der Waals surface area contributed by atoms with E-state index in [1.54, 1.807) is 33.1 Å². The molecule has 0 radical (unpaired) electrons. The number of rotatable bonds is 6. The average molecular weight is 478 g/mol. The zero-order valence-electron chi connectivity index (χ0n) is 20.0. The topological polar surface area (TPSA) is 123 Å². The number of nitrogens with one attached hydrogen (secondary N) is 1. The van der Waals surface area contributed by atoms with Gasteiger partial charge in [0.1, 0.15) is 17.5 Å². The Morgan fingerprint density at radius 3 is 2.40 bits per heavy atom. The van der Waals surface area contributed by atoms with E-state index in [2.05, 4.69) is 15.4 Å². The Labute approximate surface area is 202 Å². The first kappa shape index (κ1) is 22.6. The van der Waals surface area contributed by atoms with Crippen molar-refractivity contribution in [1.29, 1.82) is 0 Å². The van der Waals surface area contributed by atoms with Gasteiger partial charge in [-0.2, -0.15) is 4.98 Å². The number of hydrogen-bond acceptors (Lipinski definition) is 9. The molecular formula is C25H27N5O5. The highest BCUT2D eigenvalue weighted by molar-refractivity contribution is 6.00. The highest BCUT2D eigenvalue weighted by Crippen LogP contribution is 2.47. The molecule has 0 bridgehead atoms. The zero-order chi connectivity index (χ0) is 24.7. The first-order chi connectivity index (χ1) is 17.0. The molecular weight excluding hydrogens is 450 g/mol. The number of ketones is 1. The van der Waals surface area contributed by atoms with Crippen molar-refractivity contribution in [2.75, 3.05) is 39.5 Å². The standard InChI is InChI=1S/C25H27N5O5/c1-32-15-6-8-19(33-2)16(12-15)23-22-17(27-25-28-24(26)29-30(23)25)9-14(10-18(22)31)13-5-7-20(34-3)21(11-13)35-4/h5-8,11-12,14,23H,9-10H2,1-4H3,(H3,26,27,28,29)/t14-,23-/m0/s1. The normalized spacial score (nSPS) is 18.9. The molecule has 3 aromatic rings. The molecule has 0 spiro atoms. The monoisotopic (exact) mass is 477 g/mol. The van der Waals surface area contributed by atoms with Gasteiger partial charge in [-0.3, -0.25) is 4.79 Å². The van der Waals surface area contributed by atoms with E-state index in [0.717, 1.165) is 16.8 Å². The van der Waals surface area contributed by atoms with Crippen molar-refractivity contribution in [2.24, 2.45) is 0 Å². The second kappa shape index (κ2) is 8.86. The van der Waals surface area contributed by atoms with Gasteiger partial charge in [-0.15, -0.1) is 5.10 Å². The van der Waals surface area contributed by atoms with Crippen molar-refractivity contribution >= 4 is 17.7 Å². The number of aromatic nitrogens is 3. The third-order valence-corrected chi connectivity index (χ3v) is 6.55. The van der Waals surface area contributed by atoms with Gasteiger partial charge >= 0.3 is 0 Å². The summed E-state index contributed by atoms with van der Waals surface area (Å²) in [7, 11) is 6.38. The Hall–Kier alpha value is -4.21. The van der Waals surface area contributed by atoms with E-state index in [1.807, 2.05) is 36.4 Å². The van der Waals surface area contributed by atoms with Crippen molar-refractivity contribution in [3.63, 3.8) is 0 Å². The molecule has 35 heavy (non-hydrogen) atoms. The molecule has 0 saturated heterocycles. The quantitative estimate of drug-likeness (QED) is 0.550. The third-order valence-electron chi connectivity index (χ3n) is 6.55. The summed E-state index contributed by atoms with van der Waals surface area (Å²) in [5, 5.41) is 7.70. The van der Waals surface area contributed by atoms with Gasteiger partial charge in [0, 0.05) is 23.3 Å². The molecule has 0 unspecified atom stereocenters. The van der Waals surface area contributed by atoms with E-state index in [4.69, 9.17) is 24.7 Å². The van der Waals surface area contributed by atoms with Crippen LogP contribution >= 0.6 is 0 Å². The number of Topliss-reactive ketones (excluding diaryl/α,β-unsaturated/α-hetero) is 1. The summed E-state index contributed by atoms with van der Waals surface area (Å²) in [5.41, 5.74) is 9.10. The van der Waals surface area contributed by atoms with Gasteiger partial charge in [-0.25, -0.2) is 4.68 Å². The maximum atomic E-state index is 13.7. The Bertz CT molecular complexity index is 1330. The summed E-state index contributed by atoms with van der Waals surface area (Å²) in [6.45, 7) is 0. The summed E-state index contributed by atoms with van der Waals surface area (Å²) >= 11 is 0. The van der Waals surface area contributed by atoms with Crippen molar-refractivity contribution in [1.82, 2.24) is 14.8 Å². The number of ether oxygens (including phenoxy) is 4. The van der Waals surface area contributed by atoms with Crippen LogP contribution in [0.2, 0.25) is 0 Å². The van der Waals surface area contributed by atoms with Crippen molar-refractivity contribution in [3.05, 3.63) is 58.8 Å². The second-order valence-electron chi connectivity index (χ2n) is 8.41. The number of hydrogen-bond donors (Lipinski definition) is 2. The van der Waals surface area contributed by atoms with E-state index in [-0.39, 0.29) is 17.6 Å². The van der Waals surface area contributed by atoms with Gasteiger partial charge in [0.25, 0.3) is 0 Å². The summed E-state index contributed by atoms with van der Waals surface area (Å²) in [6.07, 6.45) is 0.935. The summed E-state index contributed by atoms with van der Waals surface area (Å²) in [5.74, 6) is 3.06. The number of benzene rings is 2. The van der Waals surface area contributed by atoms with Crippen LogP contribution < -0.4 is 30.0 Å². The first-order valence-corrected chi connectivity index (χ1v) is 11.2. The Morgan fingerprint density at radius 1 is 0.943 bits per heavy atom. The molecule has 5 rings (SSSR count). The zero-order valence-corrected chi connectivity index (χ0v) is 20.0. The minimum absolute atomic E-state index is 0.00753. The molecule has 2 aliphatic rings. The first-order valence-electron chi connectivity index (χ1n) is 11.2. The molecule has 10 nitrogen and oxygen atoms in total. The van der Waals surface area contributed by atoms with Crippen molar-refractivity contribution in [3.8, 4) is 23.0 Å². The van der Waals surface area contributed by atoms with Crippen LogP contribution in [0.15, 0.2) is 47.7 Å². The van der Waals surface area contributed by atoms with Gasteiger partial charge in [0.15, 0.2) is 17.3 Å². The minimum atomic E-state index is -0.560. The number of fused-ring (bicyclic) bond motifs is 1. The third kappa shape index (κ3) is 3.80. The van der Waals surface area contributed by atoms with E-state index >= 15 is 0 Å². The maximum absolute atomic E-state index is 13.7. The lowest BCUT2D eigenvalue weighted by molar-refractivity contribution is -0.116. The van der Waals surface area contributed by atoms with Crippen LogP contribution in [0.5, 0.6) is 23.0 Å². The fourth-order valence-electron chi connectivity index (χ4n) is 4.91. The van der Waals surface area contributed by atoms with Crippen LogP contribution in [0.3, 0.4) is 0 Å². The van der Waals surface area contributed by atoms with Gasteiger partial charge in [-0.05, 0) is 48.2 Å². The number of carbonyl (C=O) groups excluding carboxylic acids is 1. The predicted octanol–water partition coefficient (Wildman–Crippen LogP) is 3.31. The lowest BCUT2D eigenvalue weighted by atomic mass is 9.77. The molecule has 1 aromatic heterocycles. The highest BCUT2D eigenvalue weighted by Gasteiger charge is 2.41. The SMILES string of the molecule is COc1ccc(OC)c([C@H]2C3=C(C[C@H](c4ccc(OC)c(OC)c4)CC3=O)Nc3nc(N)nn32)c1. The van der Waals surface area contributed by atoms with Crippen molar-refractivity contribution in [2.45, 2.75) is 24.8 Å². The number of allylic oxidation sites excluding steroid dienone is 2. The molecule has 1 aliphatic heterocycles. The Kier molecular flexibility index (Phi) is 5.72. The van der Waals surface area contributed by atoms with Crippen LogP contribution in [0, 0.1) is 0 Å². The summed E-state index contributed by atoms with van der Waals surface area (Å²) in [6, 6.07) is 10.7. The van der Waals surface area contributed by atoms with Gasteiger partial charge in [0.05, 0.1) is 28.4 Å². The van der Waals surface area contributed by atoms with E-state index in [0.29, 0.717) is 47.4 Å². The van der Waals surface area contributed by atoms with Crippen molar-refractivity contribution < 1.29 is 23.7 Å². The summed E-state index contributed by atoms with van der Waals surface area (Å²) < 4.78 is 23.6. The van der Waals surface area contributed by atoms with Crippen LogP contribution in [0.4, 0.5) is 11.9 Å². The number of nitrogens with two attached hydrogens (primary N) is 1. The molecule has 2 aromatic carbocycles. The lowest BCUT2D eigenvalue weighted by Gasteiger charge is -2.35. The molecule has 182 valence electrons. The van der Waals surface area contributed by atoms with Crippen LogP contribution in [0.25, 0.3) is 0 Å². The molecule has 2 heterocycles. The van der Waals surface area contributed by atoms with Crippen LogP contribution in [0.1, 0.15) is 35.9 Å². The molecule has 10 heteroatoms. The number of nitrogen functional groups attached to an aromatic ring is 1. The number of nitrogens with zero attached hydrogens (tertiary/aromatic N) is 3. The lowest BCUT2D eigenvalue weighted by Crippen LogP contribution is -2.33. The molecule has 2 atom stereocenters. The van der Waals surface area contributed by atoms with E-state index in [9.17, 15) is 4.79 Å². The van der Waals surface area contributed by atoms with Gasteiger partial charge in [0.2, 0.25) is 11.9 Å². The maximum Gasteiger partial charge on any atom is 0.241 e. The van der Waals surface area contributed by atoms with Crippen LogP contribution in [-0.2, 0) is 4.79 Å². The largest absolute Gasteiger partial charge is 0.497 e. The average Bonchev–Trinajstić information content (AvgIpc) is 3.25. The van der Waals surface area contributed by atoms with Crippen LogP contribution in [-0.4, -0.2) is 49.0 Å². The number of carbonyl (C=O) groups is 1. The highest BCUT2D eigenvalue weighted by atomic mass is 16.5. The molecule has 0 fully saturated rings. The number of methoxy groups -OCH3 is 4. The fourth-order valence-corrected chi connectivity index (χ4v) is 4.91. The van der Waals surface area contributed by atoms with E-state index < -0.39 is 6.04 Å². The molecule has 1 aliphatic carbocycles. The Morgan fingerprint density at radius 2 is 1.69 bits per heavy atom. The number of anilines is 2. The second-order valence-corrected chi connectivity index (χ2v) is 8.41. The van der Waals surface area contributed by atoms with E-state index in [1.165, 1.54) is 0 Å². The summed E-state index contributed by atoms with van der Waals surface area (Å²) in [4.78, 5) is 18.1. The molecule has 0 saturated carbocycles. The minimum Gasteiger partial charge on any atom is -0.497 e. The molecule has 3 N–H and O–H groups in total. The predicted molar refractivity (Wildman–Crippen MR) is 129 cm³/mol. The smallest absolute Gasteiger partial charge is 0.241 e. The Balaban J connectivity index is 1.61. The molecule has 0 amide bonds.